The van der Waals surface area contributed by atoms with Crippen LogP contribution in [0.3, 0.4) is 0 Å². The number of aliphatic hydroxyl groups is 1. The Balaban J connectivity index is 2.68. The first-order chi connectivity index (χ1) is 8.05. The van der Waals surface area contributed by atoms with Gasteiger partial charge in [0.05, 0.1) is 19.3 Å². The Hall–Kier alpha value is -0.0000000000000000139. The van der Waals surface area contributed by atoms with Gasteiger partial charge in [-0.1, -0.05) is 0 Å². The van der Waals surface area contributed by atoms with Crippen LogP contribution in [0.4, 0.5) is 4.39 Å². The summed E-state index contributed by atoms with van der Waals surface area (Å²) in [6, 6.07) is 0. The molecule has 0 bridgehead atoms. The van der Waals surface area contributed by atoms with Crippen molar-refractivity contribution >= 4 is 7.60 Å². The summed E-state index contributed by atoms with van der Waals surface area (Å²) in [4.78, 5) is 0. The van der Waals surface area contributed by atoms with Crippen molar-refractivity contribution in [3.05, 3.63) is 0 Å². The highest BCUT2D eigenvalue weighted by molar-refractivity contribution is 7.54. The lowest BCUT2D eigenvalue weighted by atomic mass is 10.1. The lowest BCUT2D eigenvalue weighted by Crippen LogP contribution is -2.35. The molecule has 1 aliphatic heterocycles. The Morgan fingerprint density at radius 2 is 2.06 bits per heavy atom. The molecule has 7 heteroatoms. The van der Waals surface area contributed by atoms with Gasteiger partial charge in [0.2, 0.25) is 5.91 Å². The Bertz CT molecular complexity index is 259. The van der Waals surface area contributed by atoms with Crippen LogP contribution in [0.1, 0.15) is 26.7 Å². The Labute approximate surface area is 101 Å². The number of halogens is 1. The fourth-order valence-electron chi connectivity index (χ4n) is 1.78. The molecule has 0 spiro atoms. The Kier molecular flexibility index (Phi) is 6.03. The lowest BCUT2D eigenvalue weighted by Gasteiger charge is -2.26. The summed E-state index contributed by atoms with van der Waals surface area (Å²) in [5.41, 5.74) is 0. The minimum absolute atomic E-state index is 0.0654. The number of hydrogen-bond donors (Lipinski definition) is 1. The van der Waals surface area contributed by atoms with E-state index >= 15 is 0 Å². The zero-order valence-electron chi connectivity index (χ0n) is 10.2. The van der Waals surface area contributed by atoms with Gasteiger partial charge < -0.3 is 18.9 Å². The summed E-state index contributed by atoms with van der Waals surface area (Å²) in [7, 11) is -3.92. The van der Waals surface area contributed by atoms with E-state index < -0.39 is 25.7 Å². The molecule has 1 fully saturated rings. The van der Waals surface area contributed by atoms with Crippen molar-refractivity contribution in [2.45, 2.75) is 44.8 Å². The maximum Gasteiger partial charge on any atom is 0.367 e. The minimum atomic E-state index is -3.92. The van der Waals surface area contributed by atoms with Gasteiger partial charge in [-0.05, 0) is 26.7 Å². The molecular weight excluding hydrogens is 250 g/mol. The van der Waals surface area contributed by atoms with Crippen molar-refractivity contribution in [1.29, 1.82) is 0 Å². The molecule has 0 aliphatic carbocycles. The van der Waals surface area contributed by atoms with Crippen LogP contribution in [0, 0.1) is 0 Å². The molecular formula is C10H20FO5P. The molecule has 5 nitrogen and oxygen atoms in total. The predicted molar refractivity (Wildman–Crippen MR) is 60.7 cm³/mol. The number of hydrogen-bond acceptors (Lipinski definition) is 5. The maximum atomic E-state index is 14.0. The van der Waals surface area contributed by atoms with Crippen molar-refractivity contribution in [2.75, 3.05) is 19.8 Å². The monoisotopic (exact) mass is 270 g/mol. The fraction of sp³-hybridized carbons (Fsp3) is 1.00. The highest BCUT2D eigenvalue weighted by Gasteiger charge is 2.45. The molecule has 1 N–H and O–H groups in total. The second-order valence-electron chi connectivity index (χ2n) is 3.79. The molecule has 1 saturated heterocycles. The molecule has 3 unspecified atom stereocenters. The molecule has 0 aromatic heterocycles. The SMILES string of the molecule is CCOP(=O)(OCC)C(F)C(O)C1CCCO1. The smallest absolute Gasteiger partial charge is 0.367 e. The fourth-order valence-corrected chi connectivity index (χ4v) is 3.42. The van der Waals surface area contributed by atoms with E-state index in [1.807, 2.05) is 0 Å². The molecule has 0 aromatic rings. The quantitative estimate of drug-likeness (QED) is 0.717. The molecule has 17 heavy (non-hydrogen) atoms. The van der Waals surface area contributed by atoms with Crippen LogP contribution in [-0.2, 0) is 18.3 Å². The summed E-state index contributed by atoms with van der Waals surface area (Å²) in [6.45, 7) is 3.81. The van der Waals surface area contributed by atoms with Crippen LogP contribution in [0.25, 0.3) is 0 Å². The standard InChI is InChI=1S/C10H20FO5P/c1-3-15-17(13,16-4-2)10(11)9(12)8-6-5-7-14-8/h8-10,12H,3-7H2,1-2H3. The summed E-state index contributed by atoms with van der Waals surface area (Å²) in [6.07, 6.45) is -0.775. The third-order valence-electron chi connectivity index (χ3n) is 2.55. The van der Waals surface area contributed by atoms with E-state index in [2.05, 4.69) is 0 Å². The first-order valence-electron chi connectivity index (χ1n) is 5.87. The van der Waals surface area contributed by atoms with Gasteiger partial charge in [-0.2, -0.15) is 0 Å². The van der Waals surface area contributed by atoms with Gasteiger partial charge in [0.25, 0.3) is 0 Å². The molecule has 1 heterocycles. The van der Waals surface area contributed by atoms with Gasteiger partial charge in [0, 0.05) is 6.61 Å². The first-order valence-corrected chi connectivity index (χ1v) is 7.49. The molecule has 1 rings (SSSR count). The summed E-state index contributed by atoms with van der Waals surface area (Å²) in [5, 5.41) is 9.77. The molecule has 0 aromatic carbocycles. The zero-order valence-corrected chi connectivity index (χ0v) is 11.1. The summed E-state index contributed by atoms with van der Waals surface area (Å²) in [5.74, 6) is -2.06. The number of ether oxygens (including phenoxy) is 1. The second-order valence-corrected chi connectivity index (χ2v) is 5.88. The molecule has 3 atom stereocenters. The van der Waals surface area contributed by atoms with Crippen molar-refractivity contribution in [3.63, 3.8) is 0 Å². The maximum absolute atomic E-state index is 14.0. The van der Waals surface area contributed by atoms with E-state index in [-0.39, 0.29) is 13.2 Å². The van der Waals surface area contributed by atoms with E-state index in [1.54, 1.807) is 13.8 Å². The highest BCUT2D eigenvalue weighted by Crippen LogP contribution is 2.55. The molecule has 0 radical (unpaired) electrons. The van der Waals surface area contributed by atoms with Crippen LogP contribution in [0.2, 0.25) is 0 Å². The van der Waals surface area contributed by atoms with E-state index in [1.165, 1.54) is 0 Å². The van der Waals surface area contributed by atoms with Crippen molar-refractivity contribution in [2.24, 2.45) is 0 Å². The van der Waals surface area contributed by atoms with Gasteiger partial charge >= 0.3 is 7.60 Å². The second kappa shape index (κ2) is 6.81. The third kappa shape index (κ3) is 3.73. The highest BCUT2D eigenvalue weighted by atomic mass is 31.2. The van der Waals surface area contributed by atoms with E-state index in [4.69, 9.17) is 13.8 Å². The van der Waals surface area contributed by atoms with Gasteiger partial charge in [-0.3, -0.25) is 4.57 Å². The predicted octanol–water partition coefficient (Wildman–Crippen LogP) is 2.09. The van der Waals surface area contributed by atoms with Gasteiger partial charge in [0.15, 0.2) is 0 Å². The minimum Gasteiger partial charge on any atom is -0.387 e. The summed E-state index contributed by atoms with van der Waals surface area (Å²) < 4.78 is 41.0. The van der Waals surface area contributed by atoms with Crippen molar-refractivity contribution in [1.82, 2.24) is 0 Å². The third-order valence-corrected chi connectivity index (χ3v) is 4.69. The van der Waals surface area contributed by atoms with Crippen LogP contribution < -0.4 is 0 Å². The average molecular weight is 270 g/mol. The van der Waals surface area contributed by atoms with Crippen LogP contribution in [-0.4, -0.2) is 43.0 Å². The molecule has 102 valence electrons. The number of aliphatic hydroxyl groups excluding tert-OH is 1. The zero-order chi connectivity index (χ0) is 12.9. The van der Waals surface area contributed by atoms with E-state index in [0.717, 1.165) is 6.42 Å². The van der Waals surface area contributed by atoms with Crippen molar-refractivity contribution in [3.8, 4) is 0 Å². The van der Waals surface area contributed by atoms with Crippen molar-refractivity contribution < 1.29 is 27.8 Å². The van der Waals surface area contributed by atoms with Gasteiger partial charge in [-0.25, -0.2) is 4.39 Å². The Morgan fingerprint density at radius 1 is 1.47 bits per heavy atom. The van der Waals surface area contributed by atoms with Gasteiger partial charge in [-0.15, -0.1) is 0 Å². The number of rotatable bonds is 7. The van der Waals surface area contributed by atoms with Crippen LogP contribution in [0.5, 0.6) is 0 Å². The summed E-state index contributed by atoms with van der Waals surface area (Å²) >= 11 is 0. The average Bonchev–Trinajstić information content (AvgIpc) is 2.81. The molecule has 1 aliphatic rings. The van der Waals surface area contributed by atoms with Gasteiger partial charge in [0.1, 0.15) is 6.10 Å². The van der Waals surface area contributed by atoms with Crippen LogP contribution >= 0.6 is 7.60 Å². The first kappa shape index (κ1) is 15.1. The molecule has 0 amide bonds. The van der Waals surface area contributed by atoms with E-state index in [9.17, 15) is 14.1 Å². The molecule has 0 saturated carbocycles. The van der Waals surface area contributed by atoms with E-state index in [0.29, 0.717) is 13.0 Å². The number of alkyl halides is 1. The normalized spacial score (nSPS) is 24.8. The topological polar surface area (TPSA) is 65.0 Å². The largest absolute Gasteiger partial charge is 0.387 e. The van der Waals surface area contributed by atoms with Crippen LogP contribution in [0.15, 0.2) is 0 Å². The lowest BCUT2D eigenvalue weighted by molar-refractivity contribution is -0.0297. The Morgan fingerprint density at radius 3 is 2.47 bits per heavy atom.